The number of carbonyl (C=O) groups is 1. The molecule has 0 radical (unpaired) electrons. The third-order valence-electron chi connectivity index (χ3n) is 1.75. The Morgan fingerprint density at radius 1 is 1.64 bits per heavy atom. The van der Waals surface area contributed by atoms with Crippen molar-refractivity contribution in [1.82, 2.24) is 0 Å². The molecule has 0 fully saturated rings. The minimum absolute atomic E-state index is 0.0747. The van der Waals surface area contributed by atoms with Crippen LogP contribution in [0.4, 0.5) is 5.69 Å². The lowest BCUT2D eigenvalue weighted by Gasteiger charge is -2.13. The summed E-state index contributed by atoms with van der Waals surface area (Å²) in [4.78, 5) is 10.6. The van der Waals surface area contributed by atoms with Gasteiger partial charge in [0.2, 0.25) is 5.91 Å². The van der Waals surface area contributed by atoms with Gasteiger partial charge in [-0.2, -0.15) is 0 Å². The zero-order valence-corrected chi connectivity index (χ0v) is 10.1. The van der Waals surface area contributed by atoms with Gasteiger partial charge in [-0.3, -0.25) is 4.79 Å². The van der Waals surface area contributed by atoms with E-state index >= 15 is 0 Å². The Balaban J connectivity index is 2.55. The molecule has 0 aromatic heterocycles. The number of halogens is 1. The minimum Gasteiger partial charge on any atom is -0.382 e. The number of nitrogens with one attached hydrogen (secondary N) is 1. The summed E-state index contributed by atoms with van der Waals surface area (Å²) in [7, 11) is 0. The van der Waals surface area contributed by atoms with Gasteiger partial charge in [0.15, 0.2) is 0 Å². The molecule has 14 heavy (non-hydrogen) atoms. The molecule has 3 nitrogen and oxygen atoms in total. The molecule has 0 aliphatic heterocycles. The Bertz CT molecular complexity index is 328. The van der Waals surface area contributed by atoms with Gasteiger partial charge in [-0.1, -0.05) is 6.07 Å². The van der Waals surface area contributed by atoms with Crippen LogP contribution >= 0.6 is 22.6 Å². The molecule has 1 aromatic carbocycles. The van der Waals surface area contributed by atoms with Gasteiger partial charge >= 0.3 is 0 Å². The predicted octanol–water partition coefficient (Wildman–Crippen LogP) is 1.97. The first kappa shape index (κ1) is 11.3. The molecule has 0 saturated carbocycles. The summed E-state index contributed by atoms with van der Waals surface area (Å²) in [6, 6.07) is 8.06. The van der Waals surface area contributed by atoms with E-state index in [9.17, 15) is 4.79 Å². The number of nitrogens with two attached hydrogens (primary N) is 1. The fraction of sp³-hybridized carbons (Fsp3) is 0.300. The number of rotatable bonds is 4. The smallest absolute Gasteiger partial charge is 0.219 e. The molecule has 0 aliphatic rings. The van der Waals surface area contributed by atoms with Crippen molar-refractivity contribution in [3.8, 4) is 0 Å². The van der Waals surface area contributed by atoms with Crippen LogP contribution in [0.15, 0.2) is 24.3 Å². The molecule has 0 heterocycles. The monoisotopic (exact) mass is 304 g/mol. The number of primary amides is 1. The zero-order chi connectivity index (χ0) is 10.6. The molecule has 0 bridgehead atoms. The predicted molar refractivity (Wildman–Crippen MR) is 66.1 cm³/mol. The Morgan fingerprint density at radius 2 is 2.36 bits per heavy atom. The van der Waals surface area contributed by atoms with E-state index in [1.165, 1.54) is 3.57 Å². The summed E-state index contributed by atoms with van der Waals surface area (Å²) < 4.78 is 1.17. The van der Waals surface area contributed by atoms with E-state index in [1.54, 1.807) is 0 Å². The Kier molecular flexibility index (Phi) is 4.19. The van der Waals surface area contributed by atoms with E-state index in [0.717, 1.165) is 5.69 Å². The lowest BCUT2D eigenvalue weighted by Crippen LogP contribution is -2.23. The molecule has 0 saturated heterocycles. The fourth-order valence-electron chi connectivity index (χ4n) is 1.22. The van der Waals surface area contributed by atoms with Crippen LogP contribution in [0.3, 0.4) is 0 Å². The van der Waals surface area contributed by atoms with Gasteiger partial charge in [-0.15, -0.1) is 0 Å². The quantitative estimate of drug-likeness (QED) is 0.836. The summed E-state index contributed by atoms with van der Waals surface area (Å²) in [6.45, 7) is 1.94. The van der Waals surface area contributed by atoms with Crippen molar-refractivity contribution >= 4 is 34.2 Å². The SMILES string of the molecule is CC(CC(N)=O)Nc1cccc(I)c1. The second-order valence-electron chi connectivity index (χ2n) is 3.23. The van der Waals surface area contributed by atoms with Gasteiger partial charge in [0, 0.05) is 21.7 Å². The normalized spacial score (nSPS) is 12.1. The number of hydrogen-bond donors (Lipinski definition) is 2. The highest BCUT2D eigenvalue weighted by Gasteiger charge is 2.05. The van der Waals surface area contributed by atoms with Crippen LogP contribution < -0.4 is 11.1 Å². The van der Waals surface area contributed by atoms with Crippen molar-refractivity contribution in [3.05, 3.63) is 27.8 Å². The van der Waals surface area contributed by atoms with E-state index in [4.69, 9.17) is 5.73 Å². The molecular formula is C10H13IN2O. The highest BCUT2D eigenvalue weighted by molar-refractivity contribution is 14.1. The van der Waals surface area contributed by atoms with Crippen molar-refractivity contribution in [2.75, 3.05) is 5.32 Å². The molecule has 1 rings (SSSR count). The third-order valence-corrected chi connectivity index (χ3v) is 2.42. The molecule has 1 aromatic rings. The first-order valence-corrected chi connectivity index (χ1v) is 5.46. The number of hydrogen-bond acceptors (Lipinski definition) is 2. The van der Waals surface area contributed by atoms with Crippen molar-refractivity contribution in [1.29, 1.82) is 0 Å². The van der Waals surface area contributed by atoms with E-state index < -0.39 is 0 Å². The van der Waals surface area contributed by atoms with Gasteiger partial charge in [0.1, 0.15) is 0 Å². The fourth-order valence-corrected chi connectivity index (χ4v) is 1.76. The van der Waals surface area contributed by atoms with Gasteiger partial charge in [0.05, 0.1) is 0 Å². The van der Waals surface area contributed by atoms with Gasteiger partial charge < -0.3 is 11.1 Å². The summed E-state index contributed by atoms with van der Waals surface area (Å²) in [6.07, 6.45) is 0.353. The van der Waals surface area contributed by atoms with Crippen LogP contribution in [0.2, 0.25) is 0 Å². The molecule has 1 unspecified atom stereocenters. The second-order valence-corrected chi connectivity index (χ2v) is 4.47. The topological polar surface area (TPSA) is 55.1 Å². The number of amides is 1. The lowest BCUT2D eigenvalue weighted by atomic mass is 10.2. The molecular weight excluding hydrogens is 291 g/mol. The molecule has 4 heteroatoms. The number of benzene rings is 1. The van der Waals surface area contributed by atoms with Gasteiger partial charge in [0.25, 0.3) is 0 Å². The maximum Gasteiger partial charge on any atom is 0.219 e. The van der Waals surface area contributed by atoms with Crippen molar-refractivity contribution in [2.45, 2.75) is 19.4 Å². The first-order chi connectivity index (χ1) is 6.58. The van der Waals surface area contributed by atoms with Crippen LogP contribution in [0.5, 0.6) is 0 Å². The molecule has 76 valence electrons. The zero-order valence-electron chi connectivity index (χ0n) is 7.96. The average Bonchev–Trinajstić information content (AvgIpc) is 2.01. The minimum atomic E-state index is -0.282. The van der Waals surface area contributed by atoms with Gasteiger partial charge in [-0.25, -0.2) is 0 Å². The summed E-state index contributed by atoms with van der Waals surface area (Å²) >= 11 is 2.25. The largest absolute Gasteiger partial charge is 0.382 e. The lowest BCUT2D eigenvalue weighted by molar-refractivity contribution is -0.118. The second kappa shape index (κ2) is 5.19. The standard InChI is InChI=1S/C10H13IN2O/c1-7(5-10(12)14)13-9-4-2-3-8(11)6-9/h2-4,6-7,13H,5H2,1H3,(H2,12,14). The molecule has 1 amide bonds. The molecule has 0 spiro atoms. The van der Waals surface area contributed by atoms with E-state index in [1.807, 2.05) is 31.2 Å². The van der Waals surface area contributed by atoms with Crippen molar-refractivity contribution in [2.24, 2.45) is 5.73 Å². The molecule has 3 N–H and O–H groups in total. The highest BCUT2D eigenvalue weighted by atomic mass is 127. The van der Waals surface area contributed by atoms with Crippen LogP contribution in [0.25, 0.3) is 0 Å². The Hall–Kier alpha value is -0.780. The molecule has 1 atom stereocenters. The number of anilines is 1. The van der Waals surface area contributed by atoms with Crippen molar-refractivity contribution < 1.29 is 4.79 Å². The van der Waals surface area contributed by atoms with Crippen LogP contribution in [-0.4, -0.2) is 11.9 Å². The summed E-state index contributed by atoms with van der Waals surface area (Å²) in [5, 5.41) is 3.21. The summed E-state index contributed by atoms with van der Waals surface area (Å²) in [5.74, 6) is -0.282. The Morgan fingerprint density at radius 3 is 2.93 bits per heavy atom. The average molecular weight is 304 g/mol. The van der Waals surface area contributed by atoms with E-state index in [0.29, 0.717) is 6.42 Å². The molecule has 0 aliphatic carbocycles. The van der Waals surface area contributed by atoms with Crippen LogP contribution in [-0.2, 0) is 4.79 Å². The maximum atomic E-state index is 10.6. The van der Waals surface area contributed by atoms with Crippen LogP contribution in [0.1, 0.15) is 13.3 Å². The number of carbonyl (C=O) groups excluding carboxylic acids is 1. The van der Waals surface area contributed by atoms with Gasteiger partial charge in [-0.05, 0) is 47.7 Å². The summed E-state index contributed by atoms with van der Waals surface area (Å²) in [5.41, 5.74) is 6.12. The van der Waals surface area contributed by atoms with Crippen LogP contribution in [0, 0.1) is 3.57 Å². The Labute approximate surface area is 97.2 Å². The van der Waals surface area contributed by atoms with E-state index in [2.05, 4.69) is 27.9 Å². The van der Waals surface area contributed by atoms with E-state index in [-0.39, 0.29) is 11.9 Å². The maximum absolute atomic E-state index is 10.6. The first-order valence-electron chi connectivity index (χ1n) is 4.38. The highest BCUT2D eigenvalue weighted by Crippen LogP contribution is 2.13. The van der Waals surface area contributed by atoms with Crippen molar-refractivity contribution in [3.63, 3.8) is 0 Å². The third kappa shape index (κ3) is 3.95.